The van der Waals surface area contributed by atoms with Gasteiger partial charge >= 0.3 is 0 Å². The number of carbonyl (C=O) groups is 2. The largest absolute Gasteiger partial charge is 0.467 e. The Morgan fingerprint density at radius 2 is 2.06 bits per heavy atom. The minimum absolute atomic E-state index is 0.0399. The molecule has 6 nitrogen and oxygen atoms in total. The summed E-state index contributed by atoms with van der Waals surface area (Å²) in [5.41, 5.74) is 3.49. The van der Waals surface area contributed by atoms with Crippen molar-refractivity contribution < 1.29 is 18.7 Å². The Morgan fingerprint density at radius 1 is 1.19 bits per heavy atom. The van der Waals surface area contributed by atoms with E-state index in [1.807, 2.05) is 61.5 Å². The molecule has 1 saturated heterocycles. The number of amides is 2. The molecule has 4 rings (SSSR count). The van der Waals surface area contributed by atoms with E-state index < -0.39 is 5.92 Å². The number of aryl methyl sites for hydroxylation is 1. The first-order valence-corrected chi connectivity index (χ1v) is 10.9. The molecule has 1 aliphatic heterocycles. The van der Waals surface area contributed by atoms with Crippen LogP contribution in [-0.4, -0.2) is 18.4 Å². The zero-order chi connectivity index (χ0) is 21.8. The number of furan rings is 1. The number of rotatable bonds is 7. The highest BCUT2D eigenvalue weighted by Gasteiger charge is 2.35. The molecular weight excluding hydrogens is 460 g/mol. The molecule has 0 saturated carbocycles. The number of halogens is 1. The lowest BCUT2D eigenvalue weighted by Gasteiger charge is -2.18. The summed E-state index contributed by atoms with van der Waals surface area (Å²) in [7, 11) is 0. The van der Waals surface area contributed by atoms with Crippen molar-refractivity contribution in [2.75, 3.05) is 16.8 Å². The summed E-state index contributed by atoms with van der Waals surface area (Å²) in [6.07, 6.45) is 1.81. The average molecular weight is 483 g/mol. The summed E-state index contributed by atoms with van der Waals surface area (Å²) in [4.78, 5) is 27.0. The van der Waals surface area contributed by atoms with Crippen LogP contribution in [0.1, 0.15) is 23.3 Å². The van der Waals surface area contributed by atoms with Crippen molar-refractivity contribution in [2.24, 2.45) is 5.92 Å². The van der Waals surface area contributed by atoms with E-state index in [2.05, 4.69) is 21.2 Å². The van der Waals surface area contributed by atoms with Crippen LogP contribution >= 0.6 is 15.9 Å². The fourth-order valence-electron chi connectivity index (χ4n) is 3.58. The smallest absolute Gasteiger partial charge is 0.229 e. The van der Waals surface area contributed by atoms with E-state index in [1.165, 1.54) is 0 Å². The van der Waals surface area contributed by atoms with Crippen LogP contribution in [-0.2, 0) is 27.5 Å². The van der Waals surface area contributed by atoms with Gasteiger partial charge in [-0.2, -0.15) is 0 Å². The number of nitrogens with one attached hydrogen (secondary N) is 1. The quantitative estimate of drug-likeness (QED) is 0.510. The molecular formula is C24H23BrN2O4. The minimum atomic E-state index is -0.393. The predicted octanol–water partition coefficient (Wildman–Crippen LogP) is 5.06. The molecule has 1 fully saturated rings. The van der Waals surface area contributed by atoms with Gasteiger partial charge in [-0.25, -0.2) is 0 Å². The Hall–Kier alpha value is -2.90. The van der Waals surface area contributed by atoms with E-state index in [4.69, 9.17) is 9.15 Å². The van der Waals surface area contributed by atoms with E-state index >= 15 is 0 Å². The SMILES string of the molecule is Cc1cc(N2CC(C(=O)Nc3cccc(COCc4ccco4)c3)CC2=O)ccc1Br. The summed E-state index contributed by atoms with van der Waals surface area (Å²) in [5, 5.41) is 2.94. The van der Waals surface area contributed by atoms with Gasteiger partial charge in [0.1, 0.15) is 12.4 Å². The van der Waals surface area contributed by atoms with Crippen LogP contribution in [0, 0.1) is 12.8 Å². The van der Waals surface area contributed by atoms with Crippen molar-refractivity contribution in [2.45, 2.75) is 26.6 Å². The fourth-order valence-corrected chi connectivity index (χ4v) is 3.82. The second-order valence-corrected chi connectivity index (χ2v) is 8.46. The third-order valence-electron chi connectivity index (χ3n) is 5.24. The fraction of sp³-hybridized carbons (Fsp3) is 0.250. The van der Waals surface area contributed by atoms with E-state index in [0.29, 0.717) is 25.4 Å². The maximum Gasteiger partial charge on any atom is 0.229 e. The first-order chi connectivity index (χ1) is 15.0. The van der Waals surface area contributed by atoms with Gasteiger partial charge in [-0.15, -0.1) is 0 Å². The van der Waals surface area contributed by atoms with Gasteiger partial charge in [0.2, 0.25) is 11.8 Å². The molecule has 1 atom stereocenters. The topological polar surface area (TPSA) is 71.8 Å². The molecule has 31 heavy (non-hydrogen) atoms. The number of hydrogen-bond acceptors (Lipinski definition) is 4. The number of carbonyl (C=O) groups excluding carboxylic acids is 2. The highest BCUT2D eigenvalue weighted by molar-refractivity contribution is 9.10. The summed E-state index contributed by atoms with van der Waals surface area (Å²) >= 11 is 3.48. The van der Waals surface area contributed by atoms with Crippen molar-refractivity contribution in [3.8, 4) is 0 Å². The van der Waals surface area contributed by atoms with Crippen LogP contribution < -0.4 is 10.2 Å². The molecule has 160 valence electrons. The summed E-state index contributed by atoms with van der Waals surface area (Å²) < 4.78 is 11.9. The van der Waals surface area contributed by atoms with Gasteiger partial charge in [0.25, 0.3) is 0 Å². The van der Waals surface area contributed by atoms with E-state index in [1.54, 1.807) is 11.2 Å². The first kappa shape index (κ1) is 21.3. The average Bonchev–Trinajstić information content (AvgIpc) is 3.40. The zero-order valence-corrected chi connectivity index (χ0v) is 18.7. The lowest BCUT2D eigenvalue weighted by Crippen LogP contribution is -2.28. The number of benzene rings is 2. The maximum absolute atomic E-state index is 12.8. The molecule has 3 aromatic rings. The van der Waals surface area contributed by atoms with Crippen molar-refractivity contribution in [1.82, 2.24) is 0 Å². The van der Waals surface area contributed by atoms with Gasteiger partial charge in [-0.05, 0) is 60.5 Å². The van der Waals surface area contributed by atoms with Crippen LogP contribution in [0.5, 0.6) is 0 Å². The van der Waals surface area contributed by atoms with E-state index in [-0.39, 0.29) is 18.2 Å². The van der Waals surface area contributed by atoms with Gasteiger partial charge in [0.15, 0.2) is 0 Å². The van der Waals surface area contributed by atoms with Gasteiger partial charge in [-0.3, -0.25) is 9.59 Å². The third-order valence-corrected chi connectivity index (χ3v) is 6.13. The summed E-state index contributed by atoms with van der Waals surface area (Å²) in [6, 6.07) is 17.0. The van der Waals surface area contributed by atoms with Gasteiger partial charge in [0, 0.05) is 28.8 Å². The van der Waals surface area contributed by atoms with Gasteiger partial charge in [0.05, 0.1) is 18.8 Å². The van der Waals surface area contributed by atoms with Crippen molar-refractivity contribution in [3.05, 3.63) is 82.2 Å². The molecule has 0 radical (unpaired) electrons. The molecule has 7 heteroatoms. The molecule has 0 aliphatic carbocycles. The zero-order valence-electron chi connectivity index (χ0n) is 17.1. The number of anilines is 2. The third kappa shape index (κ3) is 5.24. The van der Waals surface area contributed by atoms with Crippen LogP contribution in [0.2, 0.25) is 0 Å². The summed E-state index contributed by atoms with van der Waals surface area (Å²) in [5.74, 6) is 0.177. The van der Waals surface area contributed by atoms with E-state index in [9.17, 15) is 9.59 Å². The van der Waals surface area contributed by atoms with Crippen molar-refractivity contribution >= 4 is 39.1 Å². The monoisotopic (exact) mass is 482 g/mol. The van der Waals surface area contributed by atoms with E-state index in [0.717, 1.165) is 27.0 Å². The molecule has 1 unspecified atom stereocenters. The maximum atomic E-state index is 12.8. The second kappa shape index (κ2) is 9.49. The van der Waals surface area contributed by atoms with Crippen LogP contribution in [0.4, 0.5) is 11.4 Å². The molecule has 1 N–H and O–H groups in total. The Bertz CT molecular complexity index is 1080. The molecule has 0 spiro atoms. The second-order valence-electron chi connectivity index (χ2n) is 7.60. The van der Waals surface area contributed by atoms with Crippen molar-refractivity contribution in [1.29, 1.82) is 0 Å². The standard InChI is InChI=1S/C24H23BrN2O4/c1-16-10-20(7-8-22(16)25)27-13-18(12-23(27)28)24(29)26-19-5-2-4-17(11-19)14-30-15-21-6-3-9-31-21/h2-11,18H,12-15H2,1H3,(H,26,29). The number of hydrogen-bond donors (Lipinski definition) is 1. The Kier molecular flexibility index (Phi) is 6.53. The highest BCUT2D eigenvalue weighted by Crippen LogP contribution is 2.29. The summed E-state index contributed by atoms with van der Waals surface area (Å²) in [6.45, 7) is 3.14. The number of nitrogens with zero attached hydrogens (tertiary/aromatic N) is 1. The molecule has 2 aromatic carbocycles. The predicted molar refractivity (Wildman–Crippen MR) is 122 cm³/mol. The van der Waals surface area contributed by atoms with Crippen LogP contribution in [0.25, 0.3) is 0 Å². The van der Waals surface area contributed by atoms with Crippen molar-refractivity contribution in [3.63, 3.8) is 0 Å². The molecule has 1 aromatic heterocycles. The van der Waals surface area contributed by atoms with Crippen LogP contribution in [0.15, 0.2) is 69.8 Å². The van der Waals surface area contributed by atoms with Crippen LogP contribution in [0.3, 0.4) is 0 Å². The Labute approximate surface area is 189 Å². The molecule has 1 aliphatic rings. The van der Waals surface area contributed by atoms with Gasteiger partial charge in [-0.1, -0.05) is 28.1 Å². The molecule has 0 bridgehead atoms. The minimum Gasteiger partial charge on any atom is -0.467 e. The number of ether oxygens (including phenoxy) is 1. The Balaban J connectivity index is 1.34. The lowest BCUT2D eigenvalue weighted by molar-refractivity contribution is -0.122. The van der Waals surface area contributed by atoms with Gasteiger partial charge < -0.3 is 19.4 Å². The normalized spacial score (nSPS) is 16.0. The highest BCUT2D eigenvalue weighted by atomic mass is 79.9. The lowest BCUT2D eigenvalue weighted by atomic mass is 10.1. The Morgan fingerprint density at radius 3 is 2.84 bits per heavy atom. The molecule has 2 heterocycles. The molecule has 2 amide bonds. The first-order valence-electron chi connectivity index (χ1n) is 10.1.